The van der Waals surface area contributed by atoms with E-state index in [1.165, 1.54) is 31.2 Å². The van der Waals surface area contributed by atoms with Gasteiger partial charge in [-0.2, -0.15) is 0 Å². The molecule has 8 heteroatoms. The van der Waals surface area contributed by atoms with Crippen molar-refractivity contribution < 1.29 is 27.4 Å². The number of carbonyl (C=O) groups is 1. The van der Waals surface area contributed by atoms with Gasteiger partial charge in [0.05, 0.1) is 5.69 Å². The number of hydrogen-bond acceptors (Lipinski definition) is 3. The molecule has 128 valence electrons. The summed E-state index contributed by atoms with van der Waals surface area (Å²) in [6, 6.07) is 11.7. The van der Waals surface area contributed by atoms with Crippen LogP contribution in [0.25, 0.3) is 0 Å². The molecule has 0 aromatic heterocycles. The Morgan fingerprint density at radius 3 is 2.54 bits per heavy atom. The summed E-state index contributed by atoms with van der Waals surface area (Å²) in [4.78, 5) is 12.1. The van der Waals surface area contributed by atoms with Crippen molar-refractivity contribution >= 4 is 23.2 Å². The first-order valence-electron chi connectivity index (χ1n) is 6.82. The lowest BCUT2D eigenvalue weighted by molar-refractivity contribution is -0.274. The molecule has 0 bridgehead atoms. The van der Waals surface area contributed by atoms with E-state index in [-0.39, 0.29) is 5.69 Å². The molecule has 0 aliphatic rings. The van der Waals surface area contributed by atoms with Crippen LogP contribution in [-0.2, 0) is 4.79 Å². The minimum absolute atomic E-state index is 0.110. The first-order chi connectivity index (χ1) is 11.2. The SMILES string of the molecule is CC(Oc1cccc(Cl)c1)C(=O)Nc1ccccc1OC(F)(F)F. The van der Waals surface area contributed by atoms with Crippen LogP contribution in [0.2, 0.25) is 5.02 Å². The Morgan fingerprint density at radius 2 is 1.88 bits per heavy atom. The molecular formula is C16H13ClF3NO3. The molecule has 4 nitrogen and oxygen atoms in total. The second-order valence-electron chi connectivity index (χ2n) is 4.75. The molecule has 0 spiro atoms. The molecule has 2 aromatic carbocycles. The van der Waals surface area contributed by atoms with Gasteiger partial charge in [0.1, 0.15) is 5.75 Å². The van der Waals surface area contributed by atoms with Gasteiger partial charge in [-0.3, -0.25) is 4.79 Å². The number of para-hydroxylation sites is 2. The minimum atomic E-state index is -4.86. The fourth-order valence-corrected chi connectivity index (χ4v) is 2.00. The standard InChI is InChI=1S/C16H13ClF3NO3/c1-10(23-12-6-4-5-11(17)9-12)15(22)21-13-7-2-3-8-14(13)24-16(18,19)20/h2-10H,1H3,(H,21,22). The first-order valence-corrected chi connectivity index (χ1v) is 7.20. The Labute approximate surface area is 141 Å². The third-order valence-corrected chi connectivity index (χ3v) is 3.08. The van der Waals surface area contributed by atoms with E-state index in [1.807, 2.05) is 0 Å². The summed E-state index contributed by atoms with van der Waals surface area (Å²) in [5, 5.41) is 2.78. The number of nitrogens with one attached hydrogen (secondary N) is 1. The third-order valence-electron chi connectivity index (χ3n) is 2.85. The number of benzene rings is 2. The van der Waals surface area contributed by atoms with E-state index in [0.717, 1.165) is 6.07 Å². The molecule has 24 heavy (non-hydrogen) atoms. The Bertz CT molecular complexity index is 722. The number of hydrogen-bond donors (Lipinski definition) is 1. The fourth-order valence-electron chi connectivity index (χ4n) is 1.82. The summed E-state index contributed by atoms with van der Waals surface area (Å²) < 4.78 is 46.4. The predicted octanol–water partition coefficient (Wildman–Crippen LogP) is 4.64. The average molecular weight is 360 g/mol. The topological polar surface area (TPSA) is 47.6 Å². The number of alkyl halides is 3. The number of anilines is 1. The second kappa shape index (κ2) is 7.44. The Kier molecular flexibility index (Phi) is 5.56. The molecule has 0 heterocycles. The molecule has 0 aliphatic heterocycles. The molecule has 2 aromatic rings. The highest BCUT2D eigenvalue weighted by Gasteiger charge is 2.32. The monoisotopic (exact) mass is 359 g/mol. The van der Waals surface area contributed by atoms with Crippen LogP contribution in [0.1, 0.15) is 6.92 Å². The van der Waals surface area contributed by atoms with Crippen LogP contribution >= 0.6 is 11.6 Å². The maximum absolute atomic E-state index is 12.4. The molecule has 0 fully saturated rings. The maximum Gasteiger partial charge on any atom is 0.573 e. The summed E-state index contributed by atoms with van der Waals surface area (Å²) >= 11 is 5.82. The molecule has 1 amide bonds. The largest absolute Gasteiger partial charge is 0.573 e. The lowest BCUT2D eigenvalue weighted by Gasteiger charge is -2.17. The van der Waals surface area contributed by atoms with Gasteiger partial charge >= 0.3 is 6.36 Å². The lowest BCUT2D eigenvalue weighted by atomic mass is 10.2. The van der Waals surface area contributed by atoms with Gasteiger partial charge in [-0.1, -0.05) is 29.8 Å². The van der Waals surface area contributed by atoms with Crippen molar-refractivity contribution in [3.8, 4) is 11.5 Å². The number of amides is 1. The van der Waals surface area contributed by atoms with Gasteiger partial charge in [-0.25, -0.2) is 0 Å². The average Bonchev–Trinajstić information content (AvgIpc) is 2.47. The fraction of sp³-hybridized carbons (Fsp3) is 0.188. The number of ether oxygens (including phenoxy) is 2. The van der Waals surface area contributed by atoms with Crippen molar-refractivity contribution in [2.75, 3.05) is 5.32 Å². The van der Waals surface area contributed by atoms with Crippen LogP contribution in [0, 0.1) is 0 Å². The molecular weight excluding hydrogens is 347 g/mol. The zero-order chi connectivity index (χ0) is 17.7. The molecule has 2 rings (SSSR count). The highest BCUT2D eigenvalue weighted by molar-refractivity contribution is 6.30. The molecule has 0 saturated carbocycles. The van der Waals surface area contributed by atoms with Crippen molar-refractivity contribution in [2.45, 2.75) is 19.4 Å². The van der Waals surface area contributed by atoms with Crippen molar-refractivity contribution in [3.05, 3.63) is 53.6 Å². The highest BCUT2D eigenvalue weighted by atomic mass is 35.5. The number of carbonyl (C=O) groups excluding carboxylic acids is 1. The van der Waals surface area contributed by atoms with Gasteiger partial charge in [0.15, 0.2) is 11.9 Å². The zero-order valence-electron chi connectivity index (χ0n) is 12.4. The van der Waals surface area contributed by atoms with E-state index in [0.29, 0.717) is 10.8 Å². The summed E-state index contributed by atoms with van der Waals surface area (Å²) in [6.07, 6.45) is -5.81. The number of rotatable bonds is 5. The quantitative estimate of drug-likeness (QED) is 0.845. The van der Waals surface area contributed by atoms with Gasteiger partial charge in [-0.05, 0) is 37.3 Å². The lowest BCUT2D eigenvalue weighted by Crippen LogP contribution is -2.30. The van der Waals surface area contributed by atoms with Crippen LogP contribution in [0.5, 0.6) is 11.5 Å². The van der Waals surface area contributed by atoms with Gasteiger partial charge in [0.2, 0.25) is 0 Å². The third kappa shape index (κ3) is 5.34. The van der Waals surface area contributed by atoms with Crippen LogP contribution in [0.4, 0.5) is 18.9 Å². The van der Waals surface area contributed by atoms with Crippen molar-refractivity contribution in [2.24, 2.45) is 0 Å². The minimum Gasteiger partial charge on any atom is -0.481 e. The van der Waals surface area contributed by atoms with Crippen LogP contribution in [0.3, 0.4) is 0 Å². The summed E-state index contributed by atoms with van der Waals surface area (Å²) in [5.41, 5.74) is -0.110. The highest BCUT2D eigenvalue weighted by Crippen LogP contribution is 2.30. The van der Waals surface area contributed by atoms with Gasteiger partial charge in [0, 0.05) is 5.02 Å². The summed E-state index contributed by atoms with van der Waals surface area (Å²) in [6.45, 7) is 1.46. The predicted molar refractivity (Wildman–Crippen MR) is 83.3 cm³/mol. The molecule has 0 saturated heterocycles. The smallest absolute Gasteiger partial charge is 0.481 e. The Balaban J connectivity index is 2.06. The Hall–Kier alpha value is -2.41. The Morgan fingerprint density at radius 1 is 1.17 bits per heavy atom. The molecule has 0 aliphatic carbocycles. The van der Waals surface area contributed by atoms with E-state index in [1.54, 1.807) is 18.2 Å². The van der Waals surface area contributed by atoms with E-state index < -0.39 is 24.1 Å². The van der Waals surface area contributed by atoms with E-state index >= 15 is 0 Å². The second-order valence-corrected chi connectivity index (χ2v) is 5.19. The van der Waals surface area contributed by atoms with Crippen molar-refractivity contribution in [3.63, 3.8) is 0 Å². The van der Waals surface area contributed by atoms with Gasteiger partial charge in [-0.15, -0.1) is 13.2 Å². The van der Waals surface area contributed by atoms with E-state index in [2.05, 4.69) is 10.1 Å². The summed E-state index contributed by atoms with van der Waals surface area (Å²) in [5.74, 6) is -0.772. The van der Waals surface area contributed by atoms with Crippen molar-refractivity contribution in [1.29, 1.82) is 0 Å². The van der Waals surface area contributed by atoms with E-state index in [4.69, 9.17) is 16.3 Å². The molecule has 0 radical (unpaired) electrons. The normalized spacial score (nSPS) is 12.4. The zero-order valence-corrected chi connectivity index (χ0v) is 13.2. The van der Waals surface area contributed by atoms with Gasteiger partial charge < -0.3 is 14.8 Å². The van der Waals surface area contributed by atoms with Crippen molar-refractivity contribution in [1.82, 2.24) is 0 Å². The number of halogens is 4. The summed E-state index contributed by atoms with van der Waals surface area (Å²) in [7, 11) is 0. The molecule has 1 N–H and O–H groups in total. The molecule has 1 atom stereocenters. The van der Waals surface area contributed by atoms with Crippen LogP contribution in [0.15, 0.2) is 48.5 Å². The molecule has 1 unspecified atom stereocenters. The van der Waals surface area contributed by atoms with Gasteiger partial charge in [0.25, 0.3) is 5.91 Å². The van der Waals surface area contributed by atoms with Crippen LogP contribution in [-0.4, -0.2) is 18.4 Å². The first kappa shape index (κ1) is 17.9. The maximum atomic E-state index is 12.4. The van der Waals surface area contributed by atoms with Crippen LogP contribution < -0.4 is 14.8 Å². The van der Waals surface area contributed by atoms with E-state index in [9.17, 15) is 18.0 Å².